The van der Waals surface area contributed by atoms with Gasteiger partial charge >= 0.3 is 5.97 Å². The van der Waals surface area contributed by atoms with Gasteiger partial charge in [0.25, 0.3) is 0 Å². The molecule has 0 unspecified atom stereocenters. The second kappa shape index (κ2) is 10.3. The zero-order chi connectivity index (χ0) is 26.0. The van der Waals surface area contributed by atoms with Crippen molar-refractivity contribution >= 4 is 29.2 Å². The molecule has 2 heterocycles. The van der Waals surface area contributed by atoms with Gasteiger partial charge in [0.2, 0.25) is 11.8 Å². The molecular weight excluding hydrogens is 458 g/mol. The molecule has 0 spiro atoms. The van der Waals surface area contributed by atoms with Crippen LogP contribution >= 0.6 is 0 Å². The molecule has 8 heteroatoms. The fraction of sp³-hybridized carbons (Fsp3) is 0.464. The molecule has 8 nitrogen and oxygen atoms in total. The van der Waals surface area contributed by atoms with E-state index in [4.69, 9.17) is 9.47 Å². The van der Waals surface area contributed by atoms with E-state index in [-0.39, 0.29) is 18.4 Å². The molecular formula is C28H35N3O5. The molecule has 2 aliphatic rings. The molecule has 0 radical (unpaired) electrons. The molecule has 2 aromatic carbocycles. The van der Waals surface area contributed by atoms with Gasteiger partial charge in [-0.1, -0.05) is 25.5 Å². The summed E-state index contributed by atoms with van der Waals surface area (Å²) in [6.45, 7) is 6.31. The highest BCUT2D eigenvalue weighted by molar-refractivity contribution is 6.24. The maximum absolute atomic E-state index is 13.9. The topological polar surface area (TPSA) is 88.2 Å². The average Bonchev–Trinajstić information content (AvgIpc) is 3.34. The van der Waals surface area contributed by atoms with Crippen LogP contribution in [0.25, 0.3) is 0 Å². The number of nitrogens with one attached hydrogen (secondary N) is 1. The van der Waals surface area contributed by atoms with Crippen molar-refractivity contribution in [2.24, 2.45) is 11.8 Å². The van der Waals surface area contributed by atoms with E-state index in [2.05, 4.69) is 5.32 Å². The maximum atomic E-state index is 13.9. The number of imide groups is 1. The minimum absolute atomic E-state index is 0.191. The van der Waals surface area contributed by atoms with Gasteiger partial charge < -0.3 is 14.4 Å². The number of carbonyl (C=O) groups excluding carboxylic acids is 3. The monoisotopic (exact) mass is 493 g/mol. The molecule has 4 atom stereocenters. The molecule has 2 amide bonds. The van der Waals surface area contributed by atoms with Gasteiger partial charge in [-0.05, 0) is 62.2 Å². The number of hydrogen-bond acceptors (Lipinski definition) is 7. The van der Waals surface area contributed by atoms with Gasteiger partial charge in [0.15, 0.2) is 0 Å². The van der Waals surface area contributed by atoms with E-state index < -0.39 is 29.4 Å². The first kappa shape index (κ1) is 25.7. The number of amides is 2. The van der Waals surface area contributed by atoms with Crippen LogP contribution in [-0.4, -0.2) is 50.6 Å². The Morgan fingerprint density at radius 3 is 2.19 bits per heavy atom. The minimum Gasteiger partial charge on any atom is -0.494 e. The molecule has 0 saturated carbocycles. The maximum Gasteiger partial charge on any atom is 0.327 e. The van der Waals surface area contributed by atoms with Crippen molar-refractivity contribution in [1.82, 2.24) is 5.32 Å². The molecule has 0 aromatic heterocycles. The van der Waals surface area contributed by atoms with Crippen LogP contribution in [0.2, 0.25) is 0 Å². The minimum atomic E-state index is -1.28. The molecule has 2 aromatic rings. The van der Waals surface area contributed by atoms with Crippen LogP contribution in [-0.2, 0) is 19.1 Å². The highest BCUT2D eigenvalue weighted by Gasteiger charge is 2.68. The van der Waals surface area contributed by atoms with Crippen LogP contribution in [0.5, 0.6) is 5.75 Å². The summed E-state index contributed by atoms with van der Waals surface area (Å²) in [5.74, 6) is -2.11. The molecule has 0 bridgehead atoms. The van der Waals surface area contributed by atoms with Crippen LogP contribution in [0.15, 0.2) is 48.5 Å². The number of fused-ring (bicyclic) bond motifs is 1. The lowest BCUT2D eigenvalue weighted by atomic mass is 9.77. The first-order chi connectivity index (χ1) is 17.3. The third kappa shape index (κ3) is 4.23. The Balaban J connectivity index is 1.80. The highest BCUT2D eigenvalue weighted by atomic mass is 16.5. The molecule has 36 heavy (non-hydrogen) atoms. The van der Waals surface area contributed by atoms with Crippen molar-refractivity contribution in [1.29, 1.82) is 0 Å². The average molecular weight is 494 g/mol. The summed E-state index contributed by atoms with van der Waals surface area (Å²) < 4.78 is 11.0. The van der Waals surface area contributed by atoms with Gasteiger partial charge in [0, 0.05) is 25.8 Å². The van der Waals surface area contributed by atoms with Crippen LogP contribution in [0.3, 0.4) is 0 Å². The number of hydrogen-bond donors (Lipinski definition) is 1. The van der Waals surface area contributed by atoms with Gasteiger partial charge in [-0.15, -0.1) is 0 Å². The number of benzene rings is 2. The van der Waals surface area contributed by atoms with Crippen LogP contribution in [0, 0.1) is 11.8 Å². The quantitative estimate of drug-likeness (QED) is 0.421. The summed E-state index contributed by atoms with van der Waals surface area (Å²) in [6.07, 6.45) is 1.03. The predicted molar refractivity (Wildman–Crippen MR) is 138 cm³/mol. The molecule has 4 rings (SSSR count). The Morgan fingerprint density at radius 2 is 1.64 bits per heavy atom. The number of anilines is 2. The Hall–Kier alpha value is -3.39. The SMILES string of the molecule is CCC[C@]1(C(=O)OCC)N[C@@H](c2ccc(N(C)C)cc2)[C@H]2C(=O)N(c3ccc(OCC)cc3)C(=O)[C@@H]21. The highest BCUT2D eigenvalue weighted by Crippen LogP contribution is 2.51. The van der Waals surface area contributed by atoms with Crippen molar-refractivity contribution < 1.29 is 23.9 Å². The zero-order valence-corrected chi connectivity index (χ0v) is 21.6. The standard InChI is InChI=1S/C28H35N3O5/c1-6-17-28(27(34)36-8-3)23-22(24(29-28)18-9-11-19(12-10-18)30(4)5)25(32)31(26(23)33)20-13-15-21(16-14-20)35-7-2/h9-16,22-24,29H,6-8,17H2,1-5H3/t22-,23+,24-,28-/m0/s1. The zero-order valence-electron chi connectivity index (χ0n) is 21.6. The van der Waals surface area contributed by atoms with Gasteiger partial charge in [-0.25, -0.2) is 4.90 Å². The molecule has 2 saturated heterocycles. The lowest BCUT2D eigenvalue weighted by Gasteiger charge is -2.32. The fourth-order valence-electron chi connectivity index (χ4n) is 5.56. The van der Waals surface area contributed by atoms with Crippen molar-refractivity contribution in [2.75, 3.05) is 37.1 Å². The van der Waals surface area contributed by atoms with Crippen molar-refractivity contribution in [2.45, 2.75) is 45.2 Å². The first-order valence-corrected chi connectivity index (χ1v) is 12.6. The van der Waals surface area contributed by atoms with E-state index >= 15 is 0 Å². The van der Waals surface area contributed by atoms with Crippen molar-refractivity contribution in [3.05, 3.63) is 54.1 Å². The van der Waals surface area contributed by atoms with E-state index in [1.807, 2.05) is 57.1 Å². The number of rotatable bonds is 9. The van der Waals surface area contributed by atoms with E-state index in [0.29, 0.717) is 30.9 Å². The van der Waals surface area contributed by atoms with E-state index in [1.54, 1.807) is 31.2 Å². The Morgan fingerprint density at radius 1 is 0.972 bits per heavy atom. The van der Waals surface area contributed by atoms with E-state index in [0.717, 1.165) is 11.3 Å². The predicted octanol–water partition coefficient (Wildman–Crippen LogP) is 3.70. The number of nitrogens with zero attached hydrogens (tertiary/aromatic N) is 2. The summed E-state index contributed by atoms with van der Waals surface area (Å²) >= 11 is 0. The summed E-state index contributed by atoms with van der Waals surface area (Å²) in [5, 5.41) is 3.44. The number of esters is 1. The Kier molecular flexibility index (Phi) is 7.36. The normalized spacial score (nSPS) is 25.1. The smallest absolute Gasteiger partial charge is 0.327 e. The van der Waals surface area contributed by atoms with Gasteiger partial charge in [0.05, 0.1) is 30.7 Å². The third-order valence-corrected chi connectivity index (χ3v) is 7.11. The lowest BCUT2D eigenvalue weighted by molar-refractivity contribution is -0.155. The second-order valence-corrected chi connectivity index (χ2v) is 9.49. The number of carbonyl (C=O) groups is 3. The number of ether oxygens (including phenoxy) is 2. The molecule has 0 aliphatic carbocycles. The Bertz CT molecular complexity index is 1120. The molecule has 192 valence electrons. The fourth-order valence-corrected chi connectivity index (χ4v) is 5.56. The Labute approximate surface area is 212 Å². The summed E-state index contributed by atoms with van der Waals surface area (Å²) in [7, 11) is 3.92. The van der Waals surface area contributed by atoms with Crippen LogP contribution in [0.1, 0.15) is 45.2 Å². The summed E-state index contributed by atoms with van der Waals surface area (Å²) in [6, 6.07) is 14.3. The van der Waals surface area contributed by atoms with E-state index in [1.165, 1.54) is 4.90 Å². The summed E-state index contributed by atoms with van der Waals surface area (Å²) in [5.41, 5.74) is 1.06. The van der Waals surface area contributed by atoms with Gasteiger partial charge in [-0.3, -0.25) is 19.7 Å². The van der Waals surface area contributed by atoms with Crippen LogP contribution in [0.4, 0.5) is 11.4 Å². The summed E-state index contributed by atoms with van der Waals surface area (Å²) in [4.78, 5) is 44.5. The molecule has 1 N–H and O–H groups in total. The van der Waals surface area contributed by atoms with Crippen molar-refractivity contribution in [3.8, 4) is 5.75 Å². The third-order valence-electron chi connectivity index (χ3n) is 7.11. The van der Waals surface area contributed by atoms with Crippen LogP contribution < -0.4 is 19.9 Å². The molecule has 2 fully saturated rings. The second-order valence-electron chi connectivity index (χ2n) is 9.49. The largest absolute Gasteiger partial charge is 0.494 e. The van der Waals surface area contributed by atoms with E-state index in [9.17, 15) is 14.4 Å². The first-order valence-electron chi connectivity index (χ1n) is 12.6. The lowest BCUT2D eigenvalue weighted by Crippen LogP contribution is -2.56. The van der Waals surface area contributed by atoms with Gasteiger partial charge in [0.1, 0.15) is 11.3 Å². The molecule has 2 aliphatic heterocycles. The van der Waals surface area contributed by atoms with Gasteiger partial charge in [-0.2, -0.15) is 0 Å². The van der Waals surface area contributed by atoms with Crippen molar-refractivity contribution in [3.63, 3.8) is 0 Å².